The van der Waals surface area contributed by atoms with E-state index >= 15 is 0 Å². The Morgan fingerprint density at radius 2 is 1.53 bits per heavy atom. The molecule has 0 spiro atoms. The number of nitrogens with zero attached hydrogens (tertiary/aromatic N) is 3. The zero-order chi connectivity index (χ0) is 20.6. The average Bonchev–Trinajstić information content (AvgIpc) is 3.22. The lowest BCUT2D eigenvalue weighted by atomic mass is 9.95. The van der Waals surface area contributed by atoms with Crippen molar-refractivity contribution in [1.29, 1.82) is 0 Å². The van der Waals surface area contributed by atoms with Gasteiger partial charge in [-0.25, -0.2) is 0 Å². The molecule has 2 atom stereocenters. The highest BCUT2D eigenvalue weighted by Crippen LogP contribution is 2.63. The van der Waals surface area contributed by atoms with Crippen LogP contribution in [0.25, 0.3) is 11.4 Å². The number of alkyl halides is 2. The molecule has 0 saturated heterocycles. The summed E-state index contributed by atoms with van der Waals surface area (Å²) in [6, 6.07) is 21.4. The first-order valence-electron chi connectivity index (χ1n) is 10.7. The number of hydrogen-bond acceptors (Lipinski definition) is 3. The monoisotopic (exact) mass is 457 g/mol. The van der Waals surface area contributed by atoms with E-state index in [2.05, 4.69) is 63.3 Å². The van der Waals surface area contributed by atoms with Gasteiger partial charge in [-0.3, -0.25) is 4.57 Å². The number of halogens is 2. The molecule has 30 heavy (non-hydrogen) atoms. The molecular weight excluding hydrogens is 433 g/mol. The van der Waals surface area contributed by atoms with Crippen molar-refractivity contribution in [3.63, 3.8) is 0 Å². The number of rotatable bonds is 6. The van der Waals surface area contributed by atoms with Crippen molar-refractivity contribution >= 4 is 35.0 Å². The van der Waals surface area contributed by atoms with E-state index in [1.807, 2.05) is 12.1 Å². The summed E-state index contributed by atoms with van der Waals surface area (Å²) in [5, 5.41) is 10.5. The van der Waals surface area contributed by atoms with Gasteiger partial charge in [0.2, 0.25) is 0 Å². The minimum atomic E-state index is -0.647. The van der Waals surface area contributed by atoms with Crippen LogP contribution >= 0.6 is 35.0 Å². The van der Waals surface area contributed by atoms with E-state index in [9.17, 15) is 0 Å². The maximum Gasteiger partial charge on any atom is 0.192 e. The molecule has 2 aliphatic rings. The summed E-state index contributed by atoms with van der Waals surface area (Å²) in [6.45, 7) is 0. The quantitative estimate of drug-likeness (QED) is 0.283. The fourth-order valence-electron chi connectivity index (χ4n) is 4.51. The summed E-state index contributed by atoms with van der Waals surface area (Å²) >= 11 is 14.8. The molecule has 6 heteroatoms. The van der Waals surface area contributed by atoms with Crippen LogP contribution in [0.15, 0.2) is 65.8 Å². The van der Waals surface area contributed by atoms with Crippen molar-refractivity contribution in [3.8, 4) is 11.4 Å². The number of thioether (sulfide) groups is 1. The van der Waals surface area contributed by atoms with Crippen LogP contribution in [0, 0.1) is 5.92 Å². The van der Waals surface area contributed by atoms with E-state index in [4.69, 9.17) is 23.2 Å². The number of benzene rings is 2. The van der Waals surface area contributed by atoms with Gasteiger partial charge >= 0.3 is 0 Å². The molecular formula is C24H25Cl2N3S. The van der Waals surface area contributed by atoms with Crippen LogP contribution in [-0.2, 0) is 0 Å². The minimum Gasteiger partial charge on any atom is -0.299 e. The Bertz CT molecular complexity index is 984. The van der Waals surface area contributed by atoms with Crippen molar-refractivity contribution in [2.45, 2.75) is 59.3 Å². The summed E-state index contributed by atoms with van der Waals surface area (Å²) in [5.41, 5.74) is 2.37. The Labute approximate surface area is 192 Å². The van der Waals surface area contributed by atoms with Crippen LogP contribution in [0.1, 0.15) is 55.4 Å². The van der Waals surface area contributed by atoms with Gasteiger partial charge in [0.1, 0.15) is 4.33 Å². The Kier molecular flexibility index (Phi) is 5.83. The molecule has 156 valence electrons. The molecule has 2 saturated carbocycles. The summed E-state index contributed by atoms with van der Waals surface area (Å²) < 4.78 is 1.74. The predicted molar refractivity (Wildman–Crippen MR) is 125 cm³/mol. The normalized spacial score (nSPS) is 22.0. The van der Waals surface area contributed by atoms with Gasteiger partial charge < -0.3 is 0 Å². The highest BCUT2D eigenvalue weighted by Gasteiger charge is 2.56. The van der Waals surface area contributed by atoms with Gasteiger partial charge in [-0.05, 0) is 24.8 Å². The van der Waals surface area contributed by atoms with Crippen molar-refractivity contribution in [2.75, 3.05) is 0 Å². The first-order chi connectivity index (χ1) is 14.6. The molecule has 5 rings (SSSR count). The van der Waals surface area contributed by atoms with Crippen LogP contribution in [0.3, 0.4) is 0 Å². The largest absolute Gasteiger partial charge is 0.299 e. The summed E-state index contributed by atoms with van der Waals surface area (Å²) in [5.74, 6) is 1.18. The summed E-state index contributed by atoms with van der Waals surface area (Å²) in [4.78, 5) is 0. The summed E-state index contributed by atoms with van der Waals surface area (Å²) in [6.07, 6.45) is 7.01. The highest BCUT2D eigenvalue weighted by atomic mass is 35.5. The van der Waals surface area contributed by atoms with E-state index in [0.717, 1.165) is 23.0 Å². The van der Waals surface area contributed by atoms with Gasteiger partial charge in [-0.2, -0.15) is 0 Å². The first kappa shape index (κ1) is 20.4. The van der Waals surface area contributed by atoms with E-state index in [1.54, 1.807) is 11.8 Å². The fraction of sp³-hybridized carbons (Fsp3) is 0.417. The minimum absolute atomic E-state index is 0.163. The Morgan fingerprint density at radius 3 is 2.17 bits per heavy atom. The smallest absolute Gasteiger partial charge is 0.192 e. The number of hydrogen-bond donors (Lipinski definition) is 0. The fourth-order valence-corrected chi connectivity index (χ4v) is 6.70. The molecule has 3 nitrogen and oxygen atoms in total. The van der Waals surface area contributed by atoms with E-state index in [0.29, 0.717) is 6.04 Å². The third-order valence-corrected chi connectivity index (χ3v) is 8.45. The molecule has 1 heterocycles. The Morgan fingerprint density at radius 1 is 0.900 bits per heavy atom. The zero-order valence-electron chi connectivity index (χ0n) is 16.8. The van der Waals surface area contributed by atoms with Crippen LogP contribution in [0.4, 0.5) is 0 Å². The Hall–Kier alpha value is -1.49. The molecule has 0 bridgehead atoms. The van der Waals surface area contributed by atoms with Crippen molar-refractivity contribution < 1.29 is 0 Å². The van der Waals surface area contributed by atoms with E-state index in [1.165, 1.54) is 37.7 Å². The molecule has 2 aromatic carbocycles. The average molecular weight is 458 g/mol. The molecule has 0 N–H and O–H groups in total. The molecule has 3 aromatic rings. The lowest BCUT2D eigenvalue weighted by Crippen LogP contribution is -2.16. The molecule has 2 unspecified atom stereocenters. The summed E-state index contributed by atoms with van der Waals surface area (Å²) in [7, 11) is 0. The third-order valence-electron chi connectivity index (χ3n) is 6.24. The van der Waals surface area contributed by atoms with Gasteiger partial charge in [-0.15, -0.1) is 33.4 Å². The molecule has 0 amide bonds. The standard InChI is InChI=1S/C24H25Cl2N3S/c25-24(26)16-20(24)21(17-10-4-1-5-11-17)30-23-28-27-22(18-12-6-2-7-13-18)29(23)19-14-8-3-9-15-19/h1-2,4-7,10-13,19-21H,3,8-9,14-16H2. The molecule has 1 aromatic heterocycles. The van der Waals surface area contributed by atoms with Crippen LogP contribution in [0.5, 0.6) is 0 Å². The molecule has 0 radical (unpaired) electrons. The second-order valence-electron chi connectivity index (χ2n) is 8.35. The van der Waals surface area contributed by atoms with Crippen LogP contribution in [0.2, 0.25) is 0 Å². The predicted octanol–water partition coefficient (Wildman–Crippen LogP) is 7.48. The van der Waals surface area contributed by atoms with Crippen molar-refractivity contribution in [3.05, 3.63) is 66.2 Å². The van der Waals surface area contributed by atoms with Gasteiger partial charge in [0.25, 0.3) is 0 Å². The topological polar surface area (TPSA) is 30.7 Å². The lowest BCUT2D eigenvalue weighted by molar-refractivity contribution is 0.339. The SMILES string of the molecule is ClC1(Cl)CC1C(Sc1nnc(-c2ccccc2)n1C1CCCCC1)c1ccccc1. The van der Waals surface area contributed by atoms with Crippen molar-refractivity contribution in [2.24, 2.45) is 5.92 Å². The van der Waals surface area contributed by atoms with Gasteiger partial charge in [-0.1, -0.05) is 91.7 Å². The van der Waals surface area contributed by atoms with Crippen LogP contribution < -0.4 is 0 Å². The van der Waals surface area contributed by atoms with Gasteiger partial charge in [0.05, 0.1) is 0 Å². The Balaban J connectivity index is 1.53. The molecule has 0 aliphatic heterocycles. The second kappa shape index (κ2) is 8.57. The third kappa shape index (κ3) is 4.15. The maximum atomic E-state index is 6.52. The zero-order valence-corrected chi connectivity index (χ0v) is 19.1. The first-order valence-corrected chi connectivity index (χ1v) is 12.4. The van der Waals surface area contributed by atoms with Gasteiger partial charge in [0.15, 0.2) is 11.0 Å². The van der Waals surface area contributed by atoms with E-state index in [-0.39, 0.29) is 11.2 Å². The molecule has 2 aliphatic carbocycles. The number of aromatic nitrogens is 3. The lowest BCUT2D eigenvalue weighted by Gasteiger charge is -2.27. The second-order valence-corrected chi connectivity index (χ2v) is 11.0. The van der Waals surface area contributed by atoms with E-state index < -0.39 is 4.33 Å². The highest BCUT2D eigenvalue weighted by molar-refractivity contribution is 7.99. The van der Waals surface area contributed by atoms with Gasteiger partial charge in [0, 0.05) is 22.8 Å². The maximum absolute atomic E-state index is 6.52. The van der Waals surface area contributed by atoms with Crippen molar-refractivity contribution in [1.82, 2.24) is 14.8 Å². The van der Waals surface area contributed by atoms with Crippen LogP contribution in [-0.4, -0.2) is 19.1 Å². The molecule has 2 fully saturated rings.